The van der Waals surface area contributed by atoms with Crippen LogP contribution in [0.2, 0.25) is 0 Å². The molecule has 0 fully saturated rings. The van der Waals surface area contributed by atoms with E-state index in [1.165, 1.54) is 24.3 Å². The molecule has 0 spiro atoms. The summed E-state index contributed by atoms with van der Waals surface area (Å²) in [6.07, 6.45) is -8.46. The number of carboxylic acids is 1. The van der Waals surface area contributed by atoms with Crippen LogP contribution in [-0.4, -0.2) is 17.3 Å². The second-order valence-electron chi connectivity index (χ2n) is 7.42. The summed E-state index contributed by atoms with van der Waals surface area (Å²) in [5.74, 6) is -7.82. The van der Waals surface area contributed by atoms with E-state index in [1.54, 1.807) is 36.4 Å². The van der Waals surface area contributed by atoms with Gasteiger partial charge < -0.3 is 9.84 Å². The largest absolute Gasteiger partial charge is 0.481 e. The minimum Gasteiger partial charge on any atom is -0.481 e. The van der Waals surface area contributed by atoms with Gasteiger partial charge in [0, 0.05) is 0 Å². The first kappa shape index (κ1) is 24.9. The van der Waals surface area contributed by atoms with Crippen molar-refractivity contribution in [2.45, 2.75) is 25.9 Å². The number of nitriles is 1. The fraction of sp³-hybridized carbons (Fsp3) is 0.304. The van der Waals surface area contributed by atoms with Crippen LogP contribution >= 0.6 is 0 Å². The van der Waals surface area contributed by atoms with E-state index in [0.29, 0.717) is 5.75 Å². The van der Waals surface area contributed by atoms with Crippen molar-refractivity contribution in [3.63, 3.8) is 0 Å². The number of carbonyl (C=O) groups is 1. The average molecular weight is 453 g/mol. The number of nitrogens with zero attached hydrogens (tertiary/aromatic N) is 1. The number of aliphatic carboxylic acids is 1. The van der Waals surface area contributed by atoms with Gasteiger partial charge in [-0.15, -0.1) is 0 Å². The third kappa shape index (κ3) is 5.07. The Labute approximate surface area is 181 Å². The number of hydrogen-bond acceptors (Lipinski definition) is 3. The third-order valence-electron chi connectivity index (χ3n) is 5.26. The van der Waals surface area contributed by atoms with Crippen molar-refractivity contribution in [3.05, 3.63) is 72.3 Å². The number of benzene rings is 2. The summed E-state index contributed by atoms with van der Waals surface area (Å²) in [5, 5.41) is 19.8. The van der Waals surface area contributed by atoms with Crippen molar-refractivity contribution >= 4 is 5.97 Å². The van der Waals surface area contributed by atoms with E-state index < -0.39 is 47.5 Å². The number of halogens is 5. The van der Waals surface area contributed by atoms with Gasteiger partial charge in [0.05, 0.1) is 17.9 Å². The molecule has 0 aliphatic heterocycles. The zero-order chi connectivity index (χ0) is 24.1. The monoisotopic (exact) mass is 453 g/mol. The van der Waals surface area contributed by atoms with Crippen molar-refractivity contribution in [3.8, 4) is 17.6 Å². The van der Waals surface area contributed by atoms with E-state index >= 15 is 0 Å². The molecule has 3 unspecified atom stereocenters. The smallest absolute Gasteiger partial charge is 0.396 e. The molecule has 2 aromatic carbocycles. The van der Waals surface area contributed by atoms with Crippen LogP contribution in [0.5, 0.6) is 11.5 Å². The summed E-state index contributed by atoms with van der Waals surface area (Å²) in [7, 11) is 0. The van der Waals surface area contributed by atoms with Gasteiger partial charge in [-0.25, -0.2) is 0 Å². The Balaban J connectivity index is 2.70. The number of allylic oxidation sites excluding steroid dienone is 1. The Hall–Kier alpha value is -3.41. The molecule has 0 aromatic heterocycles. The van der Waals surface area contributed by atoms with Gasteiger partial charge in [0.25, 0.3) is 6.08 Å². The maximum absolute atomic E-state index is 13.9. The second kappa shape index (κ2) is 9.81. The van der Waals surface area contributed by atoms with E-state index in [1.807, 2.05) is 0 Å². The molecule has 0 heterocycles. The van der Waals surface area contributed by atoms with Crippen LogP contribution in [0.25, 0.3) is 0 Å². The predicted octanol–water partition coefficient (Wildman–Crippen LogP) is 6.77. The molecular formula is C23H20F5NO3. The summed E-state index contributed by atoms with van der Waals surface area (Å²) < 4.78 is 73.4. The van der Waals surface area contributed by atoms with Gasteiger partial charge in [-0.1, -0.05) is 44.2 Å². The average Bonchev–Trinajstić information content (AvgIpc) is 2.70. The molecule has 9 heteroatoms. The molecule has 0 bridgehead atoms. The minimum absolute atomic E-state index is 0.0982. The Bertz CT molecular complexity index is 1010. The molecular weight excluding hydrogens is 433 g/mol. The minimum atomic E-state index is -5.35. The van der Waals surface area contributed by atoms with Crippen LogP contribution in [0.15, 0.2) is 66.8 Å². The fourth-order valence-electron chi connectivity index (χ4n) is 3.84. The zero-order valence-electron chi connectivity index (χ0n) is 17.1. The molecule has 0 amide bonds. The van der Waals surface area contributed by atoms with Crippen LogP contribution < -0.4 is 4.74 Å². The number of alkyl halides is 3. The number of carboxylic acid groups (broad SMARTS) is 1. The van der Waals surface area contributed by atoms with Crippen molar-refractivity contribution in [1.82, 2.24) is 0 Å². The zero-order valence-corrected chi connectivity index (χ0v) is 17.1. The molecule has 3 atom stereocenters. The molecule has 0 saturated heterocycles. The lowest BCUT2D eigenvalue weighted by molar-refractivity contribution is -0.212. The van der Waals surface area contributed by atoms with Crippen molar-refractivity contribution in [2.24, 2.45) is 17.3 Å². The first-order valence-electron chi connectivity index (χ1n) is 9.50. The van der Waals surface area contributed by atoms with Crippen molar-refractivity contribution in [1.29, 1.82) is 5.26 Å². The molecule has 170 valence electrons. The summed E-state index contributed by atoms with van der Waals surface area (Å²) in [5.41, 5.74) is -3.03. The van der Waals surface area contributed by atoms with Crippen LogP contribution in [0.3, 0.4) is 0 Å². The van der Waals surface area contributed by atoms with Crippen LogP contribution in [0.1, 0.15) is 25.3 Å². The molecule has 0 saturated carbocycles. The lowest BCUT2D eigenvalue weighted by Gasteiger charge is -2.42. The van der Waals surface area contributed by atoms with E-state index in [-0.39, 0.29) is 11.3 Å². The van der Waals surface area contributed by atoms with Gasteiger partial charge in [0.1, 0.15) is 16.9 Å². The van der Waals surface area contributed by atoms with Gasteiger partial charge in [0.2, 0.25) is 0 Å². The highest BCUT2D eigenvalue weighted by Crippen LogP contribution is 2.54. The molecule has 1 N–H and O–H groups in total. The van der Waals surface area contributed by atoms with E-state index in [4.69, 9.17) is 4.74 Å². The fourth-order valence-corrected chi connectivity index (χ4v) is 3.84. The van der Waals surface area contributed by atoms with Crippen LogP contribution in [-0.2, 0) is 4.79 Å². The quantitative estimate of drug-likeness (QED) is 0.448. The second-order valence-corrected chi connectivity index (χ2v) is 7.42. The van der Waals surface area contributed by atoms with E-state index in [9.17, 15) is 37.1 Å². The standard InChI is InChI=1S/C23H20F5NO3/c1-14(2)22(21(30)31,19(12-20(24)25)23(26,27)28)18(13-29)15-7-6-10-17(11-15)32-16-8-4-3-5-9-16/h3-12,14,18-19H,1-2H3,(H,30,31). The topological polar surface area (TPSA) is 70.3 Å². The number of hydrogen-bond donors (Lipinski definition) is 1. The molecule has 32 heavy (non-hydrogen) atoms. The molecule has 2 aromatic rings. The highest BCUT2D eigenvalue weighted by Gasteiger charge is 2.63. The molecule has 0 aliphatic rings. The maximum atomic E-state index is 13.9. The maximum Gasteiger partial charge on any atom is 0.396 e. The SMILES string of the molecule is CC(C)C(C(=O)O)(C(C#N)c1cccc(Oc2ccccc2)c1)C(C=C(F)F)C(F)(F)F. The van der Waals surface area contributed by atoms with Crippen LogP contribution in [0.4, 0.5) is 22.0 Å². The lowest BCUT2D eigenvalue weighted by atomic mass is 9.58. The normalized spacial score (nSPS) is 15.2. The van der Waals surface area contributed by atoms with Crippen molar-refractivity contribution < 1.29 is 36.6 Å². The van der Waals surface area contributed by atoms with Crippen molar-refractivity contribution in [2.75, 3.05) is 0 Å². The summed E-state index contributed by atoms with van der Waals surface area (Å²) >= 11 is 0. The predicted molar refractivity (Wildman–Crippen MR) is 106 cm³/mol. The van der Waals surface area contributed by atoms with E-state index in [0.717, 1.165) is 13.8 Å². The number of para-hydroxylation sites is 1. The van der Waals surface area contributed by atoms with Gasteiger partial charge in [0.15, 0.2) is 0 Å². The Morgan fingerprint density at radius 2 is 1.66 bits per heavy atom. The van der Waals surface area contributed by atoms with Gasteiger partial charge in [-0.05, 0) is 41.8 Å². The lowest BCUT2D eigenvalue weighted by Crippen LogP contribution is -2.52. The number of ether oxygens (including phenoxy) is 1. The molecule has 0 radical (unpaired) electrons. The summed E-state index contributed by atoms with van der Waals surface area (Å²) in [6, 6.07) is 15.4. The van der Waals surface area contributed by atoms with E-state index in [2.05, 4.69) is 0 Å². The molecule has 0 aliphatic carbocycles. The Morgan fingerprint density at radius 1 is 1.06 bits per heavy atom. The highest BCUT2D eigenvalue weighted by molar-refractivity contribution is 5.78. The van der Waals surface area contributed by atoms with Crippen LogP contribution in [0, 0.1) is 28.6 Å². The third-order valence-corrected chi connectivity index (χ3v) is 5.26. The van der Waals surface area contributed by atoms with Gasteiger partial charge in [-0.2, -0.15) is 27.2 Å². The Kier molecular flexibility index (Phi) is 7.62. The Morgan fingerprint density at radius 3 is 2.12 bits per heavy atom. The summed E-state index contributed by atoms with van der Waals surface area (Å²) in [4.78, 5) is 12.3. The first-order valence-corrected chi connectivity index (χ1v) is 9.50. The van der Waals surface area contributed by atoms with Gasteiger partial charge >= 0.3 is 12.1 Å². The highest BCUT2D eigenvalue weighted by atomic mass is 19.4. The summed E-state index contributed by atoms with van der Waals surface area (Å²) in [6.45, 7) is 2.32. The molecule has 4 nitrogen and oxygen atoms in total. The number of rotatable bonds is 8. The molecule has 2 rings (SSSR count). The first-order chi connectivity index (χ1) is 14.9. The van der Waals surface area contributed by atoms with Gasteiger partial charge in [-0.3, -0.25) is 4.79 Å².